The molecular formula is C39H47N3O5. The van der Waals surface area contributed by atoms with E-state index in [0.717, 1.165) is 36.0 Å². The third kappa shape index (κ3) is 9.72. The maximum atomic E-state index is 12.7. The van der Waals surface area contributed by atoms with Gasteiger partial charge in [0.1, 0.15) is 0 Å². The summed E-state index contributed by atoms with van der Waals surface area (Å²) in [5.74, 6) is -0.0791. The molecule has 47 heavy (non-hydrogen) atoms. The van der Waals surface area contributed by atoms with Crippen molar-refractivity contribution in [3.63, 3.8) is 0 Å². The van der Waals surface area contributed by atoms with E-state index in [1.165, 1.54) is 23.3 Å². The minimum absolute atomic E-state index is 0.00674. The van der Waals surface area contributed by atoms with Gasteiger partial charge in [0.15, 0.2) is 6.29 Å². The standard InChI is InChI=1S/C39H47N3O5/c1-27(32-20-19-30-10-6-7-11-33(30)22-32)42(3)25-36-24-37(31-17-15-29(26-43)16-18-31)47-39(46-36)34-12-9-13-35(23-34)41-38(45)14-5-4-8-21-40-28(2)44/h6-7,9-13,15-20,22-23,27,36-37,39,43H,4-5,8,14,21,24-26H2,1-3H3,(H,40,44)(H,41,45)/t27-,36+,37-,39-/m1/s1. The average Bonchev–Trinajstić information content (AvgIpc) is 3.09. The molecule has 5 rings (SSSR count). The Kier molecular flexibility index (Phi) is 12.1. The summed E-state index contributed by atoms with van der Waals surface area (Å²) in [6.07, 6.45) is 2.63. The van der Waals surface area contributed by atoms with Crippen LogP contribution < -0.4 is 10.6 Å². The number of fused-ring (bicyclic) bond motifs is 1. The van der Waals surface area contributed by atoms with Gasteiger partial charge in [-0.25, -0.2) is 0 Å². The molecule has 0 saturated carbocycles. The highest BCUT2D eigenvalue weighted by Crippen LogP contribution is 2.39. The van der Waals surface area contributed by atoms with E-state index in [1.54, 1.807) is 0 Å². The molecule has 1 saturated heterocycles. The molecule has 4 aromatic carbocycles. The van der Waals surface area contributed by atoms with Gasteiger partial charge in [0.25, 0.3) is 0 Å². The number of likely N-dealkylation sites (N-methyl/N-ethyl adjacent to an activating group) is 1. The third-order valence-corrected chi connectivity index (χ3v) is 8.92. The van der Waals surface area contributed by atoms with Crippen LogP contribution in [0.15, 0.2) is 91.0 Å². The van der Waals surface area contributed by atoms with Gasteiger partial charge in [0.2, 0.25) is 11.8 Å². The minimum atomic E-state index is -0.619. The van der Waals surface area contributed by atoms with Gasteiger partial charge in [0.05, 0.1) is 18.8 Å². The van der Waals surface area contributed by atoms with Crippen LogP contribution in [0, 0.1) is 0 Å². The molecule has 2 amide bonds. The number of carbonyl (C=O) groups is 2. The van der Waals surface area contributed by atoms with Crippen LogP contribution in [0.25, 0.3) is 10.8 Å². The summed E-state index contributed by atoms with van der Waals surface area (Å²) in [6, 6.07) is 30.8. The molecule has 3 N–H and O–H groups in total. The number of hydrogen-bond acceptors (Lipinski definition) is 6. The Morgan fingerprint density at radius 2 is 1.68 bits per heavy atom. The van der Waals surface area contributed by atoms with Crippen molar-refractivity contribution in [1.29, 1.82) is 0 Å². The number of unbranched alkanes of at least 4 members (excludes halogenated alkanes) is 2. The van der Waals surface area contributed by atoms with Gasteiger partial charge in [-0.15, -0.1) is 0 Å². The number of hydrogen-bond donors (Lipinski definition) is 3. The van der Waals surface area contributed by atoms with Gasteiger partial charge in [-0.05, 0) is 72.5 Å². The lowest BCUT2D eigenvalue weighted by molar-refractivity contribution is -0.253. The number of nitrogens with zero attached hydrogens (tertiary/aromatic N) is 1. The molecule has 1 aliphatic heterocycles. The molecule has 0 unspecified atom stereocenters. The van der Waals surface area contributed by atoms with Crippen LogP contribution in [-0.4, -0.2) is 48.1 Å². The topological polar surface area (TPSA) is 100 Å². The molecule has 248 valence electrons. The second kappa shape index (κ2) is 16.7. The molecule has 0 aromatic heterocycles. The first-order valence-corrected chi connectivity index (χ1v) is 16.6. The number of aliphatic hydroxyl groups is 1. The van der Waals surface area contributed by atoms with E-state index in [-0.39, 0.29) is 36.7 Å². The fourth-order valence-electron chi connectivity index (χ4n) is 6.07. The molecule has 0 aliphatic carbocycles. The van der Waals surface area contributed by atoms with Crippen molar-refractivity contribution < 1.29 is 24.2 Å². The zero-order valence-corrected chi connectivity index (χ0v) is 27.7. The fraction of sp³-hybridized carbons (Fsp3) is 0.385. The number of amides is 2. The lowest BCUT2D eigenvalue weighted by Crippen LogP contribution is -2.38. The van der Waals surface area contributed by atoms with Crippen molar-refractivity contribution in [3.05, 3.63) is 113 Å². The Bertz CT molecular complexity index is 1620. The highest BCUT2D eigenvalue weighted by atomic mass is 16.7. The summed E-state index contributed by atoms with van der Waals surface area (Å²) >= 11 is 0. The summed E-state index contributed by atoms with van der Waals surface area (Å²) in [4.78, 5) is 26.0. The normalized spacial score (nSPS) is 18.6. The first-order valence-electron chi connectivity index (χ1n) is 16.6. The summed E-state index contributed by atoms with van der Waals surface area (Å²) in [5.41, 5.74) is 4.68. The SMILES string of the molecule is CC(=O)NCCCCCC(=O)Nc1cccc([C@@H]2O[C@H](CN(C)[C@H](C)c3ccc4ccccc4c3)C[C@H](c3ccc(CO)cc3)O2)c1. The molecule has 8 nitrogen and oxygen atoms in total. The Hall–Kier alpha value is -4.08. The van der Waals surface area contributed by atoms with Gasteiger partial charge in [0, 0.05) is 50.1 Å². The number of ether oxygens (including phenoxy) is 2. The monoisotopic (exact) mass is 637 g/mol. The Morgan fingerprint density at radius 3 is 2.45 bits per heavy atom. The molecular weight excluding hydrogens is 590 g/mol. The van der Waals surface area contributed by atoms with Crippen molar-refractivity contribution in [1.82, 2.24) is 10.2 Å². The van der Waals surface area contributed by atoms with Gasteiger partial charge in [-0.2, -0.15) is 0 Å². The average molecular weight is 638 g/mol. The van der Waals surface area contributed by atoms with Crippen LogP contribution in [-0.2, 0) is 25.7 Å². The smallest absolute Gasteiger partial charge is 0.224 e. The highest BCUT2D eigenvalue weighted by Gasteiger charge is 2.33. The molecule has 4 aromatic rings. The van der Waals surface area contributed by atoms with Crippen molar-refractivity contribution in [3.8, 4) is 0 Å². The minimum Gasteiger partial charge on any atom is -0.392 e. The number of anilines is 1. The van der Waals surface area contributed by atoms with Crippen LogP contribution in [0.1, 0.15) is 86.6 Å². The molecule has 0 bridgehead atoms. The van der Waals surface area contributed by atoms with Crippen LogP contribution in [0.3, 0.4) is 0 Å². The molecule has 1 aliphatic rings. The number of rotatable bonds is 14. The van der Waals surface area contributed by atoms with E-state index >= 15 is 0 Å². The number of benzene rings is 4. The van der Waals surface area contributed by atoms with Gasteiger partial charge in [-0.1, -0.05) is 79.2 Å². The second-order valence-electron chi connectivity index (χ2n) is 12.5. The lowest BCUT2D eigenvalue weighted by Gasteiger charge is -2.39. The van der Waals surface area contributed by atoms with E-state index < -0.39 is 6.29 Å². The van der Waals surface area contributed by atoms with E-state index in [2.05, 4.69) is 72.0 Å². The van der Waals surface area contributed by atoms with Crippen LogP contribution in [0.2, 0.25) is 0 Å². The zero-order chi connectivity index (χ0) is 33.2. The van der Waals surface area contributed by atoms with Crippen molar-refractivity contribution >= 4 is 28.3 Å². The predicted molar refractivity (Wildman–Crippen MR) is 186 cm³/mol. The van der Waals surface area contributed by atoms with E-state index in [9.17, 15) is 14.7 Å². The Morgan fingerprint density at radius 1 is 0.894 bits per heavy atom. The molecule has 0 radical (unpaired) electrons. The van der Waals surface area contributed by atoms with Crippen molar-refractivity contribution in [2.75, 3.05) is 25.5 Å². The number of nitrogens with one attached hydrogen (secondary N) is 2. The maximum absolute atomic E-state index is 12.7. The zero-order valence-electron chi connectivity index (χ0n) is 27.7. The van der Waals surface area contributed by atoms with Crippen LogP contribution >= 0.6 is 0 Å². The molecule has 0 spiro atoms. The van der Waals surface area contributed by atoms with Crippen LogP contribution in [0.5, 0.6) is 0 Å². The van der Waals surface area contributed by atoms with Crippen molar-refractivity contribution in [2.24, 2.45) is 0 Å². The van der Waals surface area contributed by atoms with Gasteiger partial charge in [-0.3, -0.25) is 14.5 Å². The molecule has 1 heterocycles. The summed E-state index contributed by atoms with van der Waals surface area (Å²) < 4.78 is 13.2. The fourth-order valence-corrected chi connectivity index (χ4v) is 6.07. The maximum Gasteiger partial charge on any atom is 0.224 e. The highest BCUT2D eigenvalue weighted by molar-refractivity contribution is 5.90. The van der Waals surface area contributed by atoms with E-state index in [4.69, 9.17) is 9.47 Å². The quantitative estimate of drug-likeness (QED) is 0.126. The predicted octanol–water partition coefficient (Wildman–Crippen LogP) is 7.21. The summed E-state index contributed by atoms with van der Waals surface area (Å²) in [6.45, 7) is 5.06. The summed E-state index contributed by atoms with van der Waals surface area (Å²) in [7, 11) is 2.13. The van der Waals surface area contributed by atoms with Crippen LogP contribution in [0.4, 0.5) is 5.69 Å². The molecule has 1 fully saturated rings. The summed E-state index contributed by atoms with van der Waals surface area (Å²) in [5, 5.41) is 17.8. The van der Waals surface area contributed by atoms with E-state index in [1.807, 2.05) is 48.5 Å². The molecule has 4 atom stereocenters. The first-order chi connectivity index (χ1) is 22.8. The van der Waals surface area contributed by atoms with Gasteiger partial charge < -0.3 is 25.2 Å². The number of carbonyl (C=O) groups excluding carboxylic acids is 2. The first kappa shape index (κ1) is 34.3. The van der Waals surface area contributed by atoms with Gasteiger partial charge >= 0.3 is 0 Å². The largest absolute Gasteiger partial charge is 0.392 e. The van der Waals surface area contributed by atoms with E-state index in [0.29, 0.717) is 31.6 Å². The molecule has 8 heteroatoms. The number of aliphatic hydroxyl groups excluding tert-OH is 1. The third-order valence-electron chi connectivity index (χ3n) is 8.92. The second-order valence-corrected chi connectivity index (χ2v) is 12.5. The van der Waals surface area contributed by atoms with Crippen molar-refractivity contribution in [2.45, 2.75) is 77.1 Å². The lowest BCUT2D eigenvalue weighted by atomic mass is 9.98. The Labute approximate surface area is 278 Å². The Balaban J connectivity index is 1.27.